The van der Waals surface area contributed by atoms with Crippen LogP contribution in [0.5, 0.6) is 5.75 Å². The van der Waals surface area contributed by atoms with Crippen molar-refractivity contribution in [3.05, 3.63) is 29.3 Å². The van der Waals surface area contributed by atoms with Crippen molar-refractivity contribution < 1.29 is 19.4 Å². The van der Waals surface area contributed by atoms with Crippen molar-refractivity contribution in [2.45, 2.75) is 47.0 Å². The molecule has 19 heavy (non-hydrogen) atoms. The monoisotopic (exact) mass is 266 g/mol. The Morgan fingerprint density at radius 2 is 1.95 bits per heavy atom. The van der Waals surface area contributed by atoms with E-state index in [4.69, 9.17) is 9.47 Å². The summed E-state index contributed by atoms with van der Waals surface area (Å²) in [5.74, 6) is 0.297. The molecule has 0 aliphatic rings. The average Bonchev–Trinajstić information content (AvgIpc) is 2.36. The van der Waals surface area contributed by atoms with E-state index >= 15 is 0 Å². The molecule has 0 saturated carbocycles. The summed E-state index contributed by atoms with van der Waals surface area (Å²) in [4.78, 5) is 11.4. The number of benzene rings is 1. The lowest BCUT2D eigenvalue weighted by Gasteiger charge is -2.14. The normalized spacial score (nSPS) is 10.9. The third kappa shape index (κ3) is 4.91. The van der Waals surface area contributed by atoms with Gasteiger partial charge in [-0.1, -0.05) is 19.9 Å². The van der Waals surface area contributed by atoms with Gasteiger partial charge in [0.1, 0.15) is 12.4 Å². The SMILES string of the molecule is CC(C)Oc1ccc(COC(=O)C(C)C)cc1CO. The molecule has 4 nitrogen and oxygen atoms in total. The lowest BCUT2D eigenvalue weighted by atomic mass is 10.1. The molecule has 0 atom stereocenters. The molecule has 1 aromatic carbocycles. The standard InChI is InChI=1S/C15H22O4/c1-10(2)15(17)18-9-12-5-6-14(19-11(3)4)13(7-12)8-16/h5-7,10-11,16H,8-9H2,1-4H3. The number of hydrogen-bond donors (Lipinski definition) is 1. The highest BCUT2D eigenvalue weighted by molar-refractivity contribution is 5.71. The lowest BCUT2D eigenvalue weighted by molar-refractivity contribution is -0.148. The van der Waals surface area contributed by atoms with Crippen molar-refractivity contribution in [1.29, 1.82) is 0 Å². The fourth-order valence-corrected chi connectivity index (χ4v) is 1.54. The summed E-state index contributed by atoms with van der Waals surface area (Å²) in [7, 11) is 0. The summed E-state index contributed by atoms with van der Waals surface area (Å²) in [5.41, 5.74) is 1.54. The second-order valence-electron chi connectivity index (χ2n) is 5.03. The van der Waals surface area contributed by atoms with Crippen molar-refractivity contribution >= 4 is 5.97 Å². The Morgan fingerprint density at radius 1 is 1.26 bits per heavy atom. The fraction of sp³-hybridized carbons (Fsp3) is 0.533. The molecule has 0 spiro atoms. The molecule has 0 heterocycles. The predicted octanol–water partition coefficient (Wildman–Crippen LogP) is 2.67. The summed E-state index contributed by atoms with van der Waals surface area (Å²) < 4.78 is 10.7. The molecule has 0 aliphatic heterocycles. The molecule has 0 bridgehead atoms. The van der Waals surface area contributed by atoms with Crippen molar-refractivity contribution in [3.63, 3.8) is 0 Å². The molecule has 0 radical (unpaired) electrons. The van der Waals surface area contributed by atoms with E-state index in [0.29, 0.717) is 11.3 Å². The summed E-state index contributed by atoms with van der Waals surface area (Å²) in [6.07, 6.45) is 0.0509. The van der Waals surface area contributed by atoms with E-state index in [-0.39, 0.29) is 31.2 Å². The Bertz CT molecular complexity index is 424. The van der Waals surface area contributed by atoms with E-state index in [1.807, 2.05) is 19.9 Å². The molecule has 1 aromatic rings. The number of aliphatic hydroxyl groups is 1. The Labute approximate surface area is 114 Å². The highest BCUT2D eigenvalue weighted by Gasteiger charge is 2.10. The van der Waals surface area contributed by atoms with E-state index in [0.717, 1.165) is 5.56 Å². The topological polar surface area (TPSA) is 55.8 Å². The molecule has 1 N–H and O–H groups in total. The number of carbonyl (C=O) groups excluding carboxylic acids is 1. The Kier molecular flexibility index (Phi) is 5.83. The summed E-state index contributed by atoms with van der Waals surface area (Å²) >= 11 is 0. The quantitative estimate of drug-likeness (QED) is 0.804. The first-order valence-corrected chi connectivity index (χ1v) is 6.50. The predicted molar refractivity (Wildman–Crippen MR) is 72.8 cm³/mol. The van der Waals surface area contributed by atoms with Gasteiger partial charge >= 0.3 is 5.97 Å². The molecule has 0 saturated heterocycles. The maximum Gasteiger partial charge on any atom is 0.308 e. The van der Waals surface area contributed by atoms with Crippen LogP contribution >= 0.6 is 0 Å². The molecule has 0 amide bonds. The van der Waals surface area contributed by atoms with Gasteiger partial charge in [-0.05, 0) is 31.5 Å². The minimum Gasteiger partial charge on any atom is -0.491 e. The molecule has 4 heteroatoms. The van der Waals surface area contributed by atoms with Crippen molar-refractivity contribution in [1.82, 2.24) is 0 Å². The highest BCUT2D eigenvalue weighted by Crippen LogP contribution is 2.22. The van der Waals surface area contributed by atoms with Crippen LogP contribution in [0.15, 0.2) is 18.2 Å². The van der Waals surface area contributed by atoms with Crippen LogP contribution in [0.2, 0.25) is 0 Å². The van der Waals surface area contributed by atoms with Crippen LogP contribution in [0.1, 0.15) is 38.8 Å². The van der Waals surface area contributed by atoms with Crippen molar-refractivity contribution in [3.8, 4) is 5.75 Å². The van der Waals surface area contributed by atoms with Crippen LogP contribution in [0.25, 0.3) is 0 Å². The number of carbonyl (C=O) groups is 1. The molecule has 0 aromatic heterocycles. The second-order valence-corrected chi connectivity index (χ2v) is 5.03. The van der Waals surface area contributed by atoms with Crippen LogP contribution in [-0.2, 0) is 22.7 Å². The maximum atomic E-state index is 11.4. The smallest absolute Gasteiger partial charge is 0.308 e. The van der Waals surface area contributed by atoms with E-state index in [2.05, 4.69) is 0 Å². The molecular formula is C15H22O4. The van der Waals surface area contributed by atoms with Crippen molar-refractivity contribution in [2.24, 2.45) is 5.92 Å². The lowest BCUT2D eigenvalue weighted by Crippen LogP contribution is -2.12. The number of hydrogen-bond acceptors (Lipinski definition) is 4. The van der Waals surface area contributed by atoms with Gasteiger partial charge in [0.2, 0.25) is 0 Å². The number of ether oxygens (including phenoxy) is 2. The first-order chi connectivity index (χ1) is 8.93. The molecule has 106 valence electrons. The van der Waals surface area contributed by atoms with Crippen molar-refractivity contribution in [2.75, 3.05) is 0 Å². The molecule has 1 rings (SSSR count). The van der Waals surface area contributed by atoms with Gasteiger partial charge in [0, 0.05) is 5.56 Å². The van der Waals surface area contributed by atoms with Crippen LogP contribution in [0.4, 0.5) is 0 Å². The Morgan fingerprint density at radius 3 is 2.47 bits per heavy atom. The zero-order valence-electron chi connectivity index (χ0n) is 12.0. The van der Waals surface area contributed by atoms with Gasteiger partial charge in [-0.25, -0.2) is 0 Å². The van der Waals surface area contributed by atoms with E-state index in [1.165, 1.54) is 0 Å². The zero-order valence-corrected chi connectivity index (χ0v) is 12.0. The van der Waals surface area contributed by atoms with Gasteiger partial charge in [-0.2, -0.15) is 0 Å². The van der Waals surface area contributed by atoms with Gasteiger partial charge in [0.15, 0.2) is 0 Å². The molecular weight excluding hydrogens is 244 g/mol. The first kappa shape index (κ1) is 15.5. The molecule has 0 aliphatic carbocycles. The maximum absolute atomic E-state index is 11.4. The largest absolute Gasteiger partial charge is 0.491 e. The van der Waals surface area contributed by atoms with Crippen LogP contribution in [-0.4, -0.2) is 17.2 Å². The number of aliphatic hydroxyl groups excluding tert-OH is 1. The highest BCUT2D eigenvalue weighted by atomic mass is 16.5. The minimum atomic E-state index is -0.229. The third-order valence-corrected chi connectivity index (χ3v) is 2.51. The van der Waals surface area contributed by atoms with Crippen LogP contribution in [0.3, 0.4) is 0 Å². The van der Waals surface area contributed by atoms with Gasteiger partial charge < -0.3 is 14.6 Å². The summed E-state index contributed by atoms with van der Waals surface area (Å²) in [5, 5.41) is 9.33. The Hall–Kier alpha value is -1.55. The summed E-state index contributed by atoms with van der Waals surface area (Å²) in [6, 6.07) is 5.43. The Balaban J connectivity index is 2.74. The third-order valence-electron chi connectivity index (χ3n) is 2.51. The van der Waals surface area contributed by atoms with Gasteiger partial charge in [-0.3, -0.25) is 4.79 Å². The van der Waals surface area contributed by atoms with E-state index in [9.17, 15) is 9.90 Å². The first-order valence-electron chi connectivity index (χ1n) is 6.50. The van der Waals surface area contributed by atoms with Gasteiger partial charge in [0.05, 0.1) is 18.6 Å². The fourth-order valence-electron chi connectivity index (χ4n) is 1.54. The van der Waals surface area contributed by atoms with Crippen LogP contribution < -0.4 is 4.74 Å². The van der Waals surface area contributed by atoms with E-state index in [1.54, 1.807) is 26.0 Å². The van der Waals surface area contributed by atoms with Gasteiger partial charge in [0.25, 0.3) is 0 Å². The minimum absolute atomic E-state index is 0.0509. The average molecular weight is 266 g/mol. The number of rotatable bonds is 6. The molecule has 0 fully saturated rings. The number of esters is 1. The van der Waals surface area contributed by atoms with Crippen LogP contribution in [0, 0.1) is 5.92 Å². The summed E-state index contributed by atoms with van der Waals surface area (Å²) in [6.45, 7) is 7.56. The zero-order chi connectivity index (χ0) is 14.4. The second kappa shape index (κ2) is 7.14. The van der Waals surface area contributed by atoms with Gasteiger partial charge in [-0.15, -0.1) is 0 Å². The molecule has 0 unspecified atom stereocenters. The van der Waals surface area contributed by atoms with E-state index < -0.39 is 0 Å².